The predicted molar refractivity (Wildman–Crippen MR) is 121 cm³/mol. The van der Waals surface area contributed by atoms with Crippen molar-refractivity contribution < 1.29 is 9.53 Å². The zero-order valence-corrected chi connectivity index (χ0v) is 17.8. The molecule has 1 atom stereocenters. The van der Waals surface area contributed by atoms with Crippen LogP contribution < -0.4 is 4.74 Å². The fraction of sp³-hybridized carbons (Fsp3) is 0.240. The minimum absolute atomic E-state index is 0. The van der Waals surface area contributed by atoms with Crippen molar-refractivity contribution in [3.8, 4) is 5.75 Å². The molecule has 0 aliphatic rings. The molecule has 3 nitrogen and oxygen atoms in total. The number of ether oxygens (including phenoxy) is 1. The quantitative estimate of drug-likeness (QED) is 0.449. The zero-order valence-electron chi connectivity index (χ0n) is 17.0. The van der Waals surface area contributed by atoms with Crippen LogP contribution in [-0.2, 0) is 13.0 Å². The van der Waals surface area contributed by atoms with E-state index in [4.69, 9.17) is 4.74 Å². The maximum absolute atomic E-state index is 13.2. The molecule has 0 bridgehead atoms. The van der Waals surface area contributed by atoms with Crippen LogP contribution in [-0.4, -0.2) is 31.3 Å². The van der Waals surface area contributed by atoms with Crippen LogP contribution in [0.1, 0.15) is 21.5 Å². The van der Waals surface area contributed by atoms with E-state index in [1.54, 1.807) is 0 Å². The number of hydrogen-bond donors (Lipinski definition) is 0. The first kappa shape index (κ1) is 22.7. The molecule has 0 heterocycles. The normalized spacial score (nSPS) is 11.6. The lowest BCUT2D eigenvalue weighted by Gasteiger charge is -2.20. The van der Waals surface area contributed by atoms with E-state index in [0.717, 1.165) is 17.7 Å². The van der Waals surface area contributed by atoms with Gasteiger partial charge >= 0.3 is 0 Å². The molecule has 0 N–H and O–H groups in total. The third-order valence-electron chi connectivity index (χ3n) is 4.65. The highest BCUT2D eigenvalue weighted by Crippen LogP contribution is 2.20. The Morgan fingerprint density at radius 1 is 0.862 bits per heavy atom. The third kappa shape index (κ3) is 7.04. The number of Topliss-reactive ketones (excluding diaryl/α,β-unsaturated/α-hetero) is 1. The molecule has 152 valence electrons. The van der Waals surface area contributed by atoms with E-state index in [9.17, 15) is 4.79 Å². The highest BCUT2D eigenvalue weighted by atomic mass is 35.5. The zero-order chi connectivity index (χ0) is 19.8. The van der Waals surface area contributed by atoms with Gasteiger partial charge in [0.25, 0.3) is 0 Å². The summed E-state index contributed by atoms with van der Waals surface area (Å²) >= 11 is 0. The maximum Gasteiger partial charge on any atom is 0.167 e. The van der Waals surface area contributed by atoms with Gasteiger partial charge in [-0.25, -0.2) is 0 Å². The van der Waals surface area contributed by atoms with Gasteiger partial charge in [-0.3, -0.25) is 4.79 Å². The van der Waals surface area contributed by atoms with Crippen LogP contribution in [0.5, 0.6) is 5.75 Å². The second-order valence-corrected chi connectivity index (χ2v) is 7.32. The van der Waals surface area contributed by atoms with Gasteiger partial charge in [-0.15, -0.1) is 12.4 Å². The average molecular weight is 410 g/mol. The summed E-state index contributed by atoms with van der Waals surface area (Å²) in [5.74, 6) is 0.780. The largest absolute Gasteiger partial charge is 0.489 e. The summed E-state index contributed by atoms with van der Waals surface area (Å²) in [6.07, 6.45) is 0.729. The minimum atomic E-state index is -0.0956. The lowest BCUT2D eigenvalue weighted by Crippen LogP contribution is -2.29. The number of hydrogen-bond acceptors (Lipinski definition) is 3. The van der Waals surface area contributed by atoms with Crippen LogP contribution in [0.15, 0.2) is 84.9 Å². The Morgan fingerprint density at radius 3 is 2.10 bits per heavy atom. The highest BCUT2D eigenvalue weighted by Gasteiger charge is 2.21. The first-order valence-corrected chi connectivity index (χ1v) is 9.61. The predicted octanol–water partition coefficient (Wildman–Crippen LogP) is 5.29. The van der Waals surface area contributed by atoms with E-state index in [0.29, 0.717) is 18.7 Å². The molecule has 29 heavy (non-hydrogen) atoms. The Labute approximate surface area is 179 Å². The first-order valence-electron chi connectivity index (χ1n) is 9.61. The standard InChI is InChI=1S/C25H27NO2.ClH/c1-26(2)18-23(16-20-10-5-3-6-11-20)25(27)22-14-9-15-24(17-22)28-19-21-12-7-4-8-13-21;/h3-15,17,23H,16,18-19H2,1-2H3;1H. The summed E-state index contributed by atoms with van der Waals surface area (Å²) < 4.78 is 5.90. The molecule has 0 amide bonds. The average Bonchev–Trinajstić information content (AvgIpc) is 2.73. The lowest BCUT2D eigenvalue weighted by atomic mass is 9.91. The monoisotopic (exact) mass is 409 g/mol. The Balaban J connectivity index is 0.00000300. The number of carbonyl (C=O) groups excluding carboxylic acids is 1. The maximum atomic E-state index is 13.2. The molecule has 0 aliphatic carbocycles. The number of nitrogens with zero attached hydrogens (tertiary/aromatic N) is 1. The Morgan fingerprint density at radius 2 is 1.48 bits per heavy atom. The summed E-state index contributed by atoms with van der Waals surface area (Å²) in [5.41, 5.74) is 2.99. The Kier molecular flexibility index (Phi) is 8.91. The summed E-state index contributed by atoms with van der Waals surface area (Å²) in [7, 11) is 4.01. The van der Waals surface area contributed by atoms with Gasteiger partial charge in [0, 0.05) is 18.0 Å². The SMILES string of the molecule is CN(C)CC(Cc1ccccc1)C(=O)c1cccc(OCc2ccccc2)c1.Cl. The van der Waals surface area contributed by atoms with E-state index >= 15 is 0 Å². The van der Waals surface area contributed by atoms with Crippen molar-refractivity contribution in [1.29, 1.82) is 0 Å². The fourth-order valence-corrected chi connectivity index (χ4v) is 3.30. The number of halogens is 1. The summed E-state index contributed by atoms with van der Waals surface area (Å²) in [4.78, 5) is 15.3. The summed E-state index contributed by atoms with van der Waals surface area (Å²) in [5, 5.41) is 0. The van der Waals surface area contributed by atoms with E-state index < -0.39 is 0 Å². The molecule has 0 radical (unpaired) electrons. The van der Waals surface area contributed by atoms with Gasteiger partial charge in [0.2, 0.25) is 0 Å². The van der Waals surface area contributed by atoms with Crippen LogP contribution in [0, 0.1) is 5.92 Å². The number of carbonyl (C=O) groups is 1. The van der Waals surface area contributed by atoms with Gasteiger partial charge in [-0.05, 0) is 43.8 Å². The Bertz CT molecular complexity index is 882. The second kappa shape index (κ2) is 11.4. The number of ketones is 1. The van der Waals surface area contributed by atoms with Crippen molar-refractivity contribution in [2.45, 2.75) is 13.0 Å². The summed E-state index contributed by atoms with van der Waals surface area (Å²) in [6.45, 7) is 1.20. The molecular weight excluding hydrogens is 382 g/mol. The van der Waals surface area contributed by atoms with Crippen molar-refractivity contribution in [3.63, 3.8) is 0 Å². The van der Waals surface area contributed by atoms with E-state index in [1.807, 2.05) is 86.9 Å². The molecule has 0 spiro atoms. The lowest BCUT2D eigenvalue weighted by molar-refractivity contribution is 0.0896. The van der Waals surface area contributed by atoms with E-state index in [1.165, 1.54) is 5.56 Å². The van der Waals surface area contributed by atoms with Gasteiger partial charge in [-0.1, -0.05) is 72.8 Å². The molecule has 0 fully saturated rings. The molecule has 0 saturated heterocycles. The topological polar surface area (TPSA) is 29.5 Å². The van der Waals surface area contributed by atoms with Crippen LogP contribution in [0.4, 0.5) is 0 Å². The molecule has 3 aromatic carbocycles. The fourth-order valence-electron chi connectivity index (χ4n) is 3.30. The van der Waals surface area contributed by atoms with E-state index in [-0.39, 0.29) is 24.1 Å². The van der Waals surface area contributed by atoms with Crippen molar-refractivity contribution in [3.05, 3.63) is 102 Å². The third-order valence-corrected chi connectivity index (χ3v) is 4.65. The molecular formula is C25H28ClNO2. The van der Waals surface area contributed by atoms with Crippen molar-refractivity contribution >= 4 is 18.2 Å². The Hall–Kier alpha value is -2.62. The van der Waals surface area contributed by atoms with Crippen molar-refractivity contribution in [1.82, 2.24) is 4.90 Å². The molecule has 0 saturated carbocycles. The molecule has 4 heteroatoms. The minimum Gasteiger partial charge on any atom is -0.489 e. The van der Waals surface area contributed by atoms with Gasteiger partial charge in [0.1, 0.15) is 12.4 Å². The number of rotatable bonds is 9. The van der Waals surface area contributed by atoms with Crippen LogP contribution in [0.2, 0.25) is 0 Å². The van der Waals surface area contributed by atoms with Crippen LogP contribution in [0.25, 0.3) is 0 Å². The highest BCUT2D eigenvalue weighted by molar-refractivity contribution is 5.98. The number of benzene rings is 3. The molecule has 0 aromatic heterocycles. The molecule has 1 unspecified atom stereocenters. The van der Waals surface area contributed by atoms with Gasteiger partial charge < -0.3 is 9.64 Å². The van der Waals surface area contributed by atoms with Crippen LogP contribution >= 0.6 is 12.4 Å². The van der Waals surface area contributed by atoms with Gasteiger partial charge in [-0.2, -0.15) is 0 Å². The molecule has 3 aromatic rings. The van der Waals surface area contributed by atoms with Crippen molar-refractivity contribution in [2.24, 2.45) is 5.92 Å². The molecule has 0 aliphatic heterocycles. The van der Waals surface area contributed by atoms with Gasteiger partial charge in [0.15, 0.2) is 5.78 Å². The van der Waals surface area contributed by atoms with Crippen LogP contribution in [0.3, 0.4) is 0 Å². The second-order valence-electron chi connectivity index (χ2n) is 7.32. The molecule has 3 rings (SSSR count). The van der Waals surface area contributed by atoms with Crippen molar-refractivity contribution in [2.75, 3.05) is 20.6 Å². The van der Waals surface area contributed by atoms with E-state index in [2.05, 4.69) is 17.0 Å². The smallest absolute Gasteiger partial charge is 0.167 e. The first-order chi connectivity index (χ1) is 13.6. The summed E-state index contributed by atoms with van der Waals surface area (Å²) in [6, 6.07) is 27.8. The van der Waals surface area contributed by atoms with Gasteiger partial charge in [0.05, 0.1) is 0 Å².